The third kappa shape index (κ3) is 3.76. The molecule has 1 atom stereocenters. The second-order valence-electron chi connectivity index (χ2n) is 6.90. The number of nitrogens with zero attached hydrogens (tertiary/aromatic N) is 3. The number of carboxylic acid groups (broad SMARTS) is 1. The Morgan fingerprint density at radius 2 is 1.79 bits per heavy atom. The van der Waals surface area contributed by atoms with Crippen LogP contribution in [0.15, 0.2) is 53.3 Å². The zero-order valence-corrected chi connectivity index (χ0v) is 16.4. The van der Waals surface area contributed by atoms with Crippen molar-refractivity contribution in [2.45, 2.75) is 46.2 Å². The summed E-state index contributed by atoms with van der Waals surface area (Å²) in [7, 11) is 0. The summed E-state index contributed by atoms with van der Waals surface area (Å²) in [6.45, 7) is 7.05. The van der Waals surface area contributed by atoms with E-state index in [1.165, 1.54) is 4.68 Å². The van der Waals surface area contributed by atoms with Gasteiger partial charge in [0.2, 0.25) is 0 Å². The highest BCUT2D eigenvalue weighted by Crippen LogP contribution is 2.24. The van der Waals surface area contributed by atoms with Crippen molar-refractivity contribution in [1.82, 2.24) is 14.3 Å². The molecule has 3 rings (SSSR count). The van der Waals surface area contributed by atoms with Crippen molar-refractivity contribution in [2.24, 2.45) is 0 Å². The predicted octanol–water partition coefficient (Wildman–Crippen LogP) is 3.99. The van der Waals surface area contributed by atoms with E-state index in [4.69, 9.17) is 0 Å². The molecule has 2 aromatic carbocycles. The Morgan fingerprint density at radius 1 is 1.11 bits per heavy atom. The van der Waals surface area contributed by atoms with E-state index in [2.05, 4.69) is 18.9 Å². The lowest BCUT2D eigenvalue weighted by molar-refractivity contribution is 0.0697. The molecule has 0 radical (unpaired) electrons. The summed E-state index contributed by atoms with van der Waals surface area (Å²) >= 11 is 0. The van der Waals surface area contributed by atoms with E-state index in [-0.39, 0.29) is 17.2 Å². The minimum Gasteiger partial charge on any atom is -0.478 e. The highest BCUT2D eigenvalue weighted by Gasteiger charge is 2.17. The van der Waals surface area contributed by atoms with Crippen LogP contribution in [0.25, 0.3) is 11.1 Å². The van der Waals surface area contributed by atoms with Crippen LogP contribution in [0.4, 0.5) is 0 Å². The summed E-state index contributed by atoms with van der Waals surface area (Å²) in [6.07, 6.45) is 0.908. The smallest absolute Gasteiger partial charge is 0.346 e. The van der Waals surface area contributed by atoms with Gasteiger partial charge in [0.1, 0.15) is 5.82 Å². The van der Waals surface area contributed by atoms with E-state index >= 15 is 0 Å². The summed E-state index contributed by atoms with van der Waals surface area (Å²) in [5.41, 5.74) is 2.66. The summed E-state index contributed by atoms with van der Waals surface area (Å²) in [5.74, 6) is 0.0493. The van der Waals surface area contributed by atoms with Gasteiger partial charge in [-0.05, 0) is 36.1 Å². The second kappa shape index (κ2) is 8.25. The topological polar surface area (TPSA) is 77.1 Å². The van der Waals surface area contributed by atoms with E-state index in [1.807, 2.05) is 37.3 Å². The fraction of sp³-hybridized carbons (Fsp3) is 0.318. The Labute approximate surface area is 164 Å². The van der Waals surface area contributed by atoms with Crippen molar-refractivity contribution in [3.05, 3.63) is 76.0 Å². The predicted molar refractivity (Wildman–Crippen MR) is 109 cm³/mol. The van der Waals surface area contributed by atoms with Gasteiger partial charge in [0.05, 0.1) is 12.1 Å². The van der Waals surface area contributed by atoms with Crippen LogP contribution >= 0.6 is 0 Å². The Balaban J connectivity index is 1.93. The summed E-state index contributed by atoms with van der Waals surface area (Å²) in [4.78, 5) is 24.1. The average Bonchev–Trinajstić information content (AvgIpc) is 3.03. The highest BCUT2D eigenvalue weighted by atomic mass is 16.4. The van der Waals surface area contributed by atoms with Crippen molar-refractivity contribution in [2.75, 3.05) is 0 Å². The zero-order chi connectivity index (χ0) is 20.3. The molecule has 0 saturated heterocycles. The average molecular weight is 379 g/mol. The van der Waals surface area contributed by atoms with Crippen LogP contribution in [0, 0.1) is 0 Å². The fourth-order valence-corrected chi connectivity index (χ4v) is 3.25. The maximum Gasteiger partial charge on any atom is 0.346 e. The Hall–Kier alpha value is -3.15. The van der Waals surface area contributed by atoms with Gasteiger partial charge in [-0.2, -0.15) is 5.10 Å². The molecule has 0 spiro atoms. The molecule has 0 aliphatic heterocycles. The van der Waals surface area contributed by atoms with E-state index < -0.39 is 5.97 Å². The summed E-state index contributed by atoms with van der Waals surface area (Å²) < 4.78 is 3.23. The van der Waals surface area contributed by atoms with Gasteiger partial charge in [-0.1, -0.05) is 56.3 Å². The molecular formula is C22H25N3O3. The van der Waals surface area contributed by atoms with E-state index in [0.717, 1.165) is 23.4 Å². The molecule has 0 fully saturated rings. The SMILES string of the molecule is CCC(C)c1nn(CC)c(=O)n1Cc1ccc(-c2ccccc2C(=O)O)cc1. The minimum atomic E-state index is -0.948. The number of aryl methyl sites for hydroxylation is 1. The van der Waals surface area contributed by atoms with Crippen LogP contribution in [-0.2, 0) is 13.1 Å². The molecule has 0 amide bonds. The first-order valence-corrected chi connectivity index (χ1v) is 9.55. The van der Waals surface area contributed by atoms with Gasteiger partial charge in [0.15, 0.2) is 0 Å². The molecule has 1 unspecified atom stereocenters. The summed E-state index contributed by atoms with van der Waals surface area (Å²) in [6, 6.07) is 14.6. The molecule has 6 nitrogen and oxygen atoms in total. The van der Waals surface area contributed by atoms with Crippen LogP contribution in [-0.4, -0.2) is 25.4 Å². The monoisotopic (exact) mass is 379 g/mol. The number of aromatic carboxylic acids is 1. The van der Waals surface area contributed by atoms with E-state index in [0.29, 0.717) is 18.7 Å². The van der Waals surface area contributed by atoms with Gasteiger partial charge < -0.3 is 5.11 Å². The fourth-order valence-electron chi connectivity index (χ4n) is 3.25. The van der Waals surface area contributed by atoms with Crippen LogP contribution in [0.1, 0.15) is 54.9 Å². The molecule has 28 heavy (non-hydrogen) atoms. The van der Waals surface area contributed by atoms with E-state index in [9.17, 15) is 14.7 Å². The molecule has 0 aliphatic rings. The quantitative estimate of drug-likeness (QED) is 0.673. The van der Waals surface area contributed by atoms with Crippen LogP contribution in [0.5, 0.6) is 0 Å². The first kappa shape index (κ1) is 19.6. The lowest BCUT2D eigenvalue weighted by Crippen LogP contribution is -2.25. The molecule has 1 N–H and O–H groups in total. The van der Waals surface area contributed by atoms with Gasteiger partial charge in [-0.25, -0.2) is 14.3 Å². The van der Waals surface area contributed by atoms with Gasteiger partial charge in [-0.3, -0.25) is 4.57 Å². The van der Waals surface area contributed by atoms with Gasteiger partial charge in [-0.15, -0.1) is 0 Å². The number of carboxylic acids is 1. The molecule has 1 aromatic heterocycles. The number of hydrogen-bond acceptors (Lipinski definition) is 3. The number of carbonyl (C=O) groups is 1. The van der Waals surface area contributed by atoms with Crippen molar-refractivity contribution >= 4 is 5.97 Å². The molecule has 0 aliphatic carbocycles. The van der Waals surface area contributed by atoms with Crippen LogP contribution in [0.2, 0.25) is 0 Å². The number of rotatable bonds is 7. The molecular weight excluding hydrogens is 354 g/mol. The van der Waals surface area contributed by atoms with Crippen molar-refractivity contribution < 1.29 is 9.90 Å². The van der Waals surface area contributed by atoms with Gasteiger partial charge >= 0.3 is 11.7 Å². The Kier molecular flexibility index (Phi) is 5.78. The second-order valence-corrected chi connectivity index (χ2v) is 6.90. The third-order valence-corrected chi connectivity index (χ3v) is 5.07. The maximum atomic E-state index is 12.7. The molecule has 146 valence electrons. The first-order chi connectivity index (χ1) is 13.5. The summed E-state index contributed by atoms with van der Waals surface area (Å²) in [5, 5.41) is 13.9. The number of benzene rings is 2. The molecule has 0 saturated carbocycles. The zero-order valence-electron chi connectivity index (χ0n) is 16.4. The molecule has 6 heteroatoms. The largest absolute Gasteiger partial charge is 0.478 e. The molecule has 1 heterocycles. The lowest BCUT2D eigenvalue weighted by Gasteiger charge is -2.11. The third-order valence-electron chi connectivity index (χ3n) is 5.07. The lowest BCUT2D eigenvalue weighted by atomic mass is 9.98. The molecule has 0 bridgehead atoms. The van der Waals surface area contributed by atoms with E-state index in [1.54, 1.807) is 22.8 Å². The Bertz CT molecular complexity index is 1030. The Morgan fingerprint density at radius 3 is 2.39 bits per heavy atom. The van der Waals surface area contributed by atoms with Crippen LogP contribution in [0.3, 0.4) is 0 Å². The number of hydrogen-bond donors (Lipinski definition) is 1. The van der Waals surface area contributed by atoms with Crippen molar-refractivity contribution in [3.63, 3.8) is 0 Å². The maximum absolute atomic E-state index is 12.7. The number of aromatic nitrogens is 3. The minimum absolute atomic E-state index is 0.0990. The normalized spacial score (nSPS) is 12.1. The first-order valence-electron chi connectivity index (χ1n) is 9.55. The standard InChI is InChI=1S/C22H25N3O3/c1-4-15(3)20-23-25(5-2)22(28)24(20)14-16-10-12-17(13-11-16)18-8-6-7-9-19(18)21(26)27/h6-13,15H,4-5,14H2,1-3H3,(H,26,27). The van der Waals surface area contributed by atoms with Crippen molar-refractivity contribution in [3.8, 4) is 11.1 Å². The van der Waals surface area contributed by atoms with Gasteiger partial charge in [0.25, 0.3) is 0 Å². The van der Waals surface area contributed by atoms with Crippen molar-refractivity contribution in [1.29, 1.82) is 0 Å². The van der Waals surface area contributed by atoms with Crippen LogP contribution < -0.4 is 5.69 Å². The highest BCUT2D eigenvalue weighted by molar-refractivity contribution is 5.95. The molecule has 3 aromatic rings. The van der Waals surface area contributed by atoms with Gasteiger partial charge in [0, 0.05) is 12.5 Å².